The minimum absolute atomic E-state index is 0.119. The fourth-order valence-corrected chi connectivity index (χ4v) is 2.94. The van der Waals surface area contributed by atoms with Gasteiger partial charge < -0.3 is 11.1 Å². The van der Waals surface area contributed by atoms with Crippen LogP contribution in [0.5, 0.6) is 0 Å². The molecule has 0 fully saturated rings. The van der Waals surface area contributed by atoms with Gasteiger partial charge in [0, 0.05) is 16.6 Å². The molecule has 3 N–H and O–H groups in total. The van der Waals surface area contributed by atoms with E-state index in [1.165, 1.54) is 6.08 Å². The summed E-state index contributed by atoms with van der Waals surface area (Å²) in [7, 11) is 0. The minimum atomic E-state index is -0.119. The normalized spacial score (nSPS) is 10.8. The molecule has 5 heteroatoms. The predicted octanol–water partition coefficient (Wildman–Crippen LogP) is 3.42. The molecule has 0 unspecified atom stereocenters. The van der Waals surface area contributed by atoms with E-state index in [0.717, 1.165) is 14.2 Å². The first-order valence-corrected chi connectivity index (χ1v) is 7.30. The van der Waals surface area contributed by atoms with Crippen LogP contribution >= 0.6 is 27.3 Å². The van der Waals surface area contributed by atoms with Crippen molar-refractivity contribution in [1.29, 1.82) is 0 Å². The quantitative estimate of drug-likeness (QED) is 0.663. The van der Waals surface area contributed by atoms with Gasteiger partial charge in [0.25, 0.3) is 0 Å². The van der Waals surface area contributed by atoms with Crippen molar-refractivity contribution in [3.05, 3.63) is 56.7 Å². The first kappa shape index (κ1) is 13.8. The molecule has 0 radical (unpaired) electrons. The van der Waals surface area contributed by atoms with Gasteiger partial charge in [-0.25, -0.2) is 0 Å². The highest BCUT2D eigenvalue weighted by molar-refractivity contribution is 9.11. The molecule has 0 saturated carbocycles. The molecular weight excluding hydrogens is 324 g/mol. The van der Waals surface area contributed by atoms with Gasteiger partial charge in [0.05, 0.1) is 10.3 Å². The number of hydrogen-bond donors (Lipinski definition) is 2. The van der Waals surface area contributed by atoms with Crippen LogP contribution in [0.15, 0.2) is 46.3 Å². The van der Waals surface area contributed by atoms with E-state index in [-0.39, 0.29) is 5.91 Å². The summed E-state index contributed by atoms with van der Waals surface area (Å²) in [5, 5.41) is 2.83. The molecule has 98 valence electrons. The molecular formula is C14H13BrN2OS. The molecule has 0 aliphatic carbocycles. The first-order chi connectivity index (χ1) is 9.13. The summed E-state index contributed by atoms with van der Waals surface area (Å²) in [6.07, 6.45) is 3.26. The molecule has 0 spiro atoms. The average molecular weight is 337 g/mol. The smallest absolute Gasteiger partial charge is 0.244 e. The number of carbonyl (C=O) groups excluding carboxylic acids is 1. The zero-order chi connectivity index (χ0) is 13.7. The summed E-state index contributed by atoms with van der Waals surface area (Å²) in [6, 6.07) is 11.3. The number of carbonyl (C=O) groups is 1. The maximum atomic E-state index is 11.6. The molecule has 1 amide bonds. The second kappa shape index (κ2) is 6.54. The van der Waals surface area contributed by atoms with Crippen LogP contribution in [0.1, 0.15) is 10.4 Å². The van der Waals surface area contributed by atoms with Crippen molar-refractivity contribution in [2.75, 3.05) is 5.73 Å². The molecule has 0 bridgehead atoms. The summed E-state index contributed by atoms with van der Waals surface area (Å²) >= 11 is 4.99. The molecule has 3 nitrogen and oxygen atoms in total. The topological polar surface area (TPSA) is 55.1 Å². The average Bonchev–Trinajstić information content (AvgIpc) is 2.80. The van der Waals surface area contributed by atoms with Crippen molar-refractivity contribution in [1.82, 2.24) is 5.32 Å². The Hall–Kier alpha value is -1.59. The van der Waals surface area contributed by atoms with E-state index in [2.05, 4.69) is 21.2 Å². The summed E-state index contributed by atoms with van der Waals surface area (Å²) in [5.74, 6) is -0.119. The number of nitrogen functional groups attached to an aromatic ring is 1. The lowest BCUT2D eigenvalue weighted by molar-refractivity contribution is -0.116. The summed E-state index contributed by atoms with van der Waals surface area (Å²) < 4.78 is 1.06. The molecule has 0 saturated heterocycles. The Kier molecular flexibility index (Phi) is 4.76. The molecule has 1 aromatic carbocycles. The van der Waals surface area contributed by atoms with Gasteiger partial charge in [0.2, 0.25) is 5.91 Å². The first-order valence-electron chi connectivity index (χ1n) is 5.69. The Morgan fingerprint density at radius 2 is 2.21 bits per heavy atom. The van der Waals surface area contributed by atoms with Gasteiger partial charge in [-0.2, -0.15) is 0 Å². The summed E-state index contributed by atoms with van der Waals surface area (Å²) in [6.45, 7) is 0.538. The van der Waals surface area contributed by atoms with Crippen molar-refractivity contribution in [2.24, 2.45) is 0 Å². The van der Waals surface area contributed by atoms with Crippen molar-refractivity contribution >= 4 is 44.9 Å². The van der Waals surface area contributed by atoms with E-state index >= 15 is 0 Å². The molecule has 1 aromatic heterocycles. The van der Waals surface area contributed by atoms with E-state index in [4.69, 9.17) is 5.73 Å². The maximum Gasteiger partial charge on any atom is 0.244 e. The van der Waals surface area contributed by atoms with Crippen LogP contribution < -0.4 is 11.1 Å². The lowest BCUT2D eigenvalue weighted by Crippen LogP contribution is -2.19. The van der Waals surface area contributed by atoms with Gasteiger partial charge in [-0.05, 0) is 51.8 Å². The lowest BCUT2D eigenvalue weighted by Gasteiger charge is -1.99. The largest absolute Gasteiger partial charge is 0.399 e. The fraction of sp³-hybridized carbons (Fsp3) is 0.0714. The van der Waals surface area contributed by atoms with E-state index in [1.807, 2.05) is 36.4 Å². The van der Waals surface area contributed by atoms with Crippen LogP contribution in [0.2, 0.25) is 0 Å². The number of amides is 1. The zero-order valence-corrected chi connectivity index (χ0v) is 12.5. The summed E-state index contributed by atoms with van der Waals surface area (Å²) in [5.41, 5.74) is 7.26. The summed E-state index contributed by atoms with van der Waals surface area (Å²) in [4.78, 5) is 12.8. The lowest BCUT2D eigenvalue weighted by atomic mass is 10.2. The number of hydrogen-bond acceptors (Lipinski definition) is 3. The van der Waals surface area contributed by atoms with Crippen molar-refractivity contribution in [2.45, 2.75) is 6.54 Å². The number of rotatable bonds is 4. The standard InChI is InChI=1S/C14H13BrN2OS/c15-13-6-5-12(19-13)9-17-14(18)7-4-10-2-1-3-11(16)8-10/h1-8H,9,16H2,(H,17,18)/b7-4+. The Bertz CT molecular complexity index is 607. The maximum absolute atomic E-state index is 11.6. The minimum Gasteiger partial charge on any atom is -0.399 e. The molecule has 0 aliphatic rings. The van der Waals surface area contributed by atoms with Gasteiger partial charge in [0.15, 0.2) is 0 Å². The highest BCUT2D eigenvalue weighted by Crippen LogP contribution is 2.21. The number of anilines is 1. The Morgan fingerprint density at radius 1 is 1.37 bits per heavy atom. The van der Waals surface area contributed by atoms with Crippen LogP contribution in [0.3, 0.4) is 0 Å². The van der Waals surface area contributed by atoms with Crippen LogP contribution in [0.4, 0.5) is 5.69 Å². The predicted molar refractivity (Wildman–Crippen MR) is 83.8 cm³/mol. The number of benzene rings is 1. The SMILES string of the molecule is Nc1cccc(/C=C/C(=O)NCc2ccc(Br)s2)c1. The molecule has 19 heavy (non-hydrogen) atoms. The highest BCUT2D eigenvalue weighted by atomic mass is 79.9. The fourth-order valence-electron chi connectivity index (χ4n) is 1.51. The number of thiophene rings is 1. The highest BCUT2D eigenvalue weighted by Gasteiger charge is 1.99. The molecule has 2 aromatic rings. The van der Waals surface area contributed by atoms with Crippen molar-refractivity contribution in [3.8, 4) is 0 Å². The van der Waals surface area contributed by atoms with E-state index in [1.54, 1.807) is 17.4 Å². The second-order valence-corrected chi connectivity index (χ2v) is 6.47. The zero-order valence-electron chi connectivity index (χ0n) is 10.1. The van der Waals surface area contributed by atoms with Gasteiger partial charge in [-0.3, -0.25) is 4.79 Å². The van der Waals surface area contributed by atoms with Gasteiger partial charge in [0.1, 0.15) is 0 Å². The van der Waals surface area contributed by atoms with E-state index in [0.29, 0.717) is 12.2 Å². The third kappa shape index (κ3) is 4.54. The van der Waals surface area contributed by atoms with E-state index in [9.17, 15) is 4.79 Å². The molecule has 2 rings (SSSR count). The van der Waals surface area contributed by atoms with Crippen LogP contribution in [0, 0.1) is 0 Å². The third-order valence-electron chi connectivity index (χ3n) is 2.40. The third-order valence-corrected chi connectivity index (χ3v) is 4.03. The molecule has 1 heterocycles. The van der Waals surface area contributed by atoms with E-state index < -0.39 is 0 Å². The Labute approximate surface area is 124 Å². The monoisotopic (exact) mass is 336 g/mol. The van der Waals surface area contributed by atoms with Gasteiger partial charge in [-0.1, -0.05) is 12.1 Å². The van der Waals surface area contributed by atoms with Gasteiger partial charge in [-0.15, -0.1) is 11.3 Å². The van der Waals surface area contributed by atoms with Crippen LogP contribution in [-0.2, 0) is 11.3 Å². The molecule has 0 aliphatic heterocycles. The van der Waals surface area contributed by atoms with Crippen molar-refractivity contribution in [3.63, 3.8) is 0 Å². The second-order valence-electron chi connectivity index (χ2n) is 3.93. The van der Waals surface area contributed by atoms with Crippen LogP contribution in [-0.4, -0.2) is 5.91 Å². The number of nitrogens with two attached hydrogens (primary N) is 1. The van der Waals surface area contributed by atoms with Gasteiger partial charge >= 0.3 is 0 Å². The Balaban J connectivity index is 1.87. The van der Waals surface area contributed by atoms with Crippen molar-refractivity contribution < 1.29 is 4.79 Å². The Morgan fingerprint density at radius 3 is 2.89 bits per heavy atom. The number of halogens is 1. The molecule has 0 atom stereocenters. The van der Waals surface area contributed by atoms with Crippen LogP contribution in [0.25, 0.3) is 6.08 Å². The number of nitrogens with one attached hydrogen (secondary N) is 1.